The van der Waals surface area contributed by atoms with E-state index in [0.29, 0.717) is 0 Å². The topological polar surface area (TPSA) is 39.4 Å². The highest BCUT2D eigenvalue weighted by molar-refractivity contribution is 5.66. The summed E-state index contributed by atoms with van der Waals surface area (Å²) in [6, 6.07) is 1.87. The van der Waals surface area contributed by atoms with Crippen LogP contribution in [-0.4, -0.2) is 5.97 Å². The molecule has 1 atom stereocenters. The van der Waals surface area contributed by atoms with Crippen molar-refractivity contribution < 1.29 is 13.9 Å². The molecule has 1 rings (SSSR count). The lowest BCUT2D eigenvalue weighted by Gasteiger charge is -2.15. The van der Waals surface area contributed by atoms with E-state index in [9.17, 15) is 4.79 Å². The monoisotopic (exact) mass is 252 g/mol. The van der Waals surface area contributed by atoms with E-state index in [4.69, 9.17) is 9.15 Å². The van der Waals surface area contributed by atoms with Gasteiger partial charge in [0, 0.05) is 12.5 Å². The lowest BCUT2D eigenvalue weighted by atomic mass is 10.0. The largest absolute Gasteiger partial charge is 0.472 e. The Morgan fingerprint density at radius 3 is 2.61 bits per heavy atom. The zero-order valence-electron chi connectivity index (χ0n) is 11.5. The second-order valence-corrected chi connectivity index (χ2v) is 4.71. The molecule has 102 valence electrons. The Morgan fingerprint density at radius 1 is 1.28 bits per heavy atom. The van der Waals surface area contributed by atoms with Crippen LogP contribution in [0, 0.1) is 0 Å². The Kier molecular flexibility index (Phi) is 7.23. The van der Waals surface area contributed by atoms with E-state index in [1.54, 1.807) is 12.5 Å². The minimum Gasteiger partial charge on any atom is -0.472 e. The highest BCUT2D eigenvalue weighted by Gasteiger charge is 2.15. The number of carbonyl (C=O) groups is 1. The standard InChI is InChI=1S/C15H24O3/c1-3-4-5-6-7-8-9-15(18-13(2)16)14-10-11-17-12-14/h10-12,15H,3-9H2,1-2H3. The minimum absolute atomic E-state index is 0.146. The summed E-state index contributed by atoms with van der Waals surface area (Å²) in [4.78, 5) is 11.1. The fourth-order valence-corrected chi connectivity index (χ4v) is 2.06. The lowest BCUT2D eigenvalue weighted by molar-refractivity contribution is -0.147. The molecule has 0 fully saturated rings. The van der Waals surface area contributed by atoms with Crippen LogP contribution in [0.15, 0.2) is 23.0 Å². The van der Waals surface area contributed by atoms with Crippen molar-refractivity contribution in [1.29, 1.82) is 0 Å². The molecule has 0 amide bonds. The van der Waals surface area contributed by atoms with Crippen molar-refractivity contribution in [1.82, 2.24) is 0 Å². The summed E-state index contributed by atoms with van der Waals surface area (Å²) in [5, 5.41) is 0. The number of carbonyl (C=O) groups excluding carboxylic acids is 1. The Bertz CT molecular complexity index is 316. The highest BCUT2D eigenvalue weighted by Crippen LogP contribution is 2.24. The third-order valence-electron chi connectivity index (χ3n) is 3.04. The first-order valence-electron chi connectivity index (χ1n) is 6.93. The zero-order valence-corrected chi connectivity index (χ0v) is 11.5. The van der Waals surface area contributed by atoms with Gasteiger partial charge in [-0.2, -0.15) is 0 Å². The van der Waals surface area contributed by atoms with E-state index in [2.05, 4.69) is 6.92 Å². The molecule has 0 N–H and O–H groups in total. The maximum Gasteiger partial charge on any atom is 0.303 e. The molecule has 0 aliphatic carbocycles. The Morgan fingerprint density at radius 2 is 2.00 bits per heavy atom. The van der Waals surface area contributed by atoms with Crippen LogP contribution in [0.3, 0.4) is 0 Å². The molecule has 0 aliphatic rings. The molecule has 0 bridgehead atoms. The summed E-state index contributed by atoms with van der Waals surface area (Å²) in [5.41, 5.74) is 0.957. The number of esters is 1. The first kappa shape index (κ1) is 14.8. The van der Waals surface area contributed by atoms with Crippen molar-refractivity contribution in [3.05, 3.63) is 24.2 Å². The quantitative estimate of drug-likeness (QED) is 0.475. The van der Waals surface area contributed by atoms with Gasteiger partial charge < -0.3 is 9.15 Å². The van der Waals surface area contributed by atoms with Crippen molar-refractivity contribution in [2.75, 3.05) is 0 Å². The second-order valence-electron chi connectivity index (χ2n) is 4.71. The molecule has 3 heteroatoms. The summed E-state index contributed by atoms with van der Waals surface area (Å²) in [5.74, 6) is -0.229. The summed E-state index contributed by atoms with van der Waals surface area (Å²) >= 11 is 0. The summed E-state index contributed by atoms with van der Waals surface area (Å²) in [6.45, 7) is 3.67. The number of furan rings is 1. The molecule has 0 aromatic carbocycles. The van der Waals surface area contributed by atoms with Crippen LogP contribution in [0.25, 0.3) is 0 Å². The maximum absolute atomic E-state index is 11.1. The van der Waals surface area contributed by atoms with E-state index in [-0.39, 0.29) is 12.1 Å². The van der Waals surface area contributed by atoms with E-state index in [0.717, 1.165) is 18.4 Å². The SMILES string of the molecule is CCCCCCCCC(OC(C)=O)c1ccoc1. The average molecular weight is 252 g/mol. The Hall–Kier alpha value is -1.25. The van der Waals surface area contributed by atoms with Crippen LogP contribution in [0.1, 0.15) is 70.5 Å². The molecule has 3 nitrogen and oxygen atoms in total. The van der Waals surface area contributed by atoms with Crippen LogP contribution in [0.5, 0.6) is 0 Å². The lowest BCUT2D eigenvalue weighted by Crippen LogP contribution is -2.07. The number of hydrogen-bond acceptors (Lipinski definition) is 3. The Labute approximate surface area is 110 Å². The first-order valence-corrected chi connectivity index (χ1v) is 6.93. The molecule has 0 radical (unpaired) electrons. The van der Waals surface area contributed by atoms with Crippen molar-refractivity contribution in [3.8, 4) is 0 Å². The van der Waals surface area contributed by atoms with Crippen molar-refractivity contribution >= 4 is 5.97 Å². The van der Waals surface area contributed by atoms with E-state index >= 15 is 0 Å². The molecule has 0 saturated heterocycles. The van der Waals surface area contributed by atoms with Gasteiger partial charge in [0.05, 0.1) is 12.5 Å². The van der Waals surface area contributed by atoms with Gasteiger partial charge >= 0.3 is 5.97 Å². The van der Waals surface area contributed by atoms with Gasteiger partial charge in [-0.25, -0.2) is 0 Å². The van der Waals surface area contributed by atoms with Gasteiger partial charge in [-0.1, -0.05) is 39.0 Å². The van der Waals surface area contributed by atoms with Gasteiger partial charge in [0.1, 0.15) is 6.10 Å². The molecule has 0 aliphatic heterocycles. The van der Waals surface area contributed by atoms with Gasteiger partial charge in [-0.3, -0.25) is 4.79 Å². The van der Waals surface area contributed by atoms with Crippen LogP contribution in [0.2, 0.25) is 0 Å². The maximum atomic E-state index is 11.1. The van der Waals surface area contributed by atoms with Crippen molar-refractivity contribution in [2.45, 2.75) is 64.9 Å². The molecular weight excluding hydrogens is 228 g/mol. The third kappa shape index (κ3) is 5.89. The summed E-state index contributed by atoms with van der Waals surface area (Å²) in [7, 11) is 0. The van der Waals surface area contributed by atoms with Gasteiger partial charge in [0.15, 0.2) is 0 Å². The van der Waals surface area contributed by atoms with E-state index in [1.807, 2.05) is 6.07 Å². The van der Waals surface area contributed by atoms with Gasteiger partial charge in [-0.15, -0.1) is 0 Å². The third-order valence-corrected chi connectivity index (χ3v) is 3.04. The fourth-order valence-electron chi connectivity index (χ4n) is 2.06. The zero-order chi connectivity index (χ0) is 13.2. The van der Waals surface area contributed by atoms with Crippen molar-refractivity contribution in [2.24, 2.45) is 0 Å². The first-order chi connectivity index (χ1) is 8.74. The van der Waals surface area contributed by atoms with Crippen LogP contribution < -0.4 is 0 Å². The molecule has 18 heavy (non-hydrogen) atoms. The minimum atomic E-state index is -0.229. The molecule has 1 aromatic heterocycles. The van der Waals surface area contributed by atoms with Crippen LogP contribution >= 0.6 is 0 Å². The molecule has 1 aromatic rings. The molecule has 1 unspecified atom stereocenters. The van der Waals surface area contributed by atoms with Crippen LogP contribution in [0.4, 0.5) is 0 Å². The second kappa shape index (κ2) is 8.78. The number of hydrogen-bond donors (Lipinski definition) is 0. The Balaban J connectivity index is 2.27. The van der Waals surface area contributed by atoms with Crippen LogP contribution in [-0.2, 0) is 9.53 Å². The number of rotatable bonds is 9. The van der Waals surface area contributed by atoms with Gasteiger partial charge in [-0.05, 0) is 18.9 Å². The molecule has 1 heterocycles. The smallest absolute Gasteiger partial charge is 0.303 e. The normalized spacial score (nSPS) is 12.3. The predicted octanol–water partition coefficient (Wildman–Crippen LogP) is 4.63. The number of unbranched alkanes of at least 4 members (excludes halogenated alkanes) is 5. The van der Waals surface area contributed by atoms with E-state index in [1.165, 1.54) is 39.0 Å². The molecule has 0 spiro atoms. The van der Waals surface area contributed by atoms with Gasteiger partial charge in [0.2, 0.25) is 0 Å². The highest BCUT2D eigenvalue weighted by atomic mass is 16.5. The molecule has 0 saturated carbocycles. The summed E-state index contributed by atoms with van der Waals surface area (Å²) < 4.78 is 10.4. The molecular formula is C15H24O3. The fraction of sp³-hybridized carbons (Fsp3) is 0.667. The van der Waals surface area contributed by atoms with E-state index < -0.39 is 0 Å². The predicted molar refractivity (Wildman–Crippen MR) is 71.2 cm³/mol. The van der Waals surface area contributed by atoms with Crippen molar-refractivity contribution in [3.63, 3.8) is 0 Å². The average Bonchev–Trinajstić information content (AvgIpc) is 2.85. The number of ether oxygens (including phenoxy) is 1. The van der Waals surface area contributed by atoms with Gasteiger partial charge in [0.25, 0.3) is 0 Å². The summed E-state index contributed by atoms with van der Waals surface area (Å²) in [6.07, 6.45) is 11.5.